The quantitative estimate of drug-likeness (QED) is 0.295. The van der Waals surface area contributed by atoms with Gasteiger partial charge in [-0.05, 0) is 88.8 Å². The van der Waals surface area contributed by atoms with E-state index in [9.17, 15) is 14.7 Å². The molecule has 7 nitrogen and oxygen atoms in total. The summed E-state index contributed by atoms with van der Waals surface area (Å²) in [7, 11) is 0. The Kier molecular flexibility index (Phi) is 8.32. The standard InChI is InChI=1S/C31H32N2O5S2/c1-5-37-30(35)25-22-14-10-11-15-23(22)40-29(25)33-18(3)16-20(19(33)4)17-24-27(34)26(31(36)38-6-2)28(39-24)32-21-12-8-7-9-13-21/h7-9,12-13,16-17,34H,5-6,10-11,14-15H2,1-4H3/b24-17-,32-28?. The number of thioether (sulfide) groups is 1. The maximum atomic E-state index is 13.1. The molecular weight excluding hydrogens is 544 g/mol. The maximum absolute atomic E-state index is 13.1. The van der Waals surface area contributed by atoms with E-state index in [0.717, 1.165) is 53.2 Å². The number of benzene rings is 1. The number of carbonyl (C=O) groups is 2. The number of para-hydroxylation sites is 1. The largest absolute Gasteiger partial charge is 0.506 e. The fourth-order valence-electron chi connectivity index (χ4n) is 5.12. The van der Waals surface area contributed by atoms with Gasteiger partial charge in [-0.2, -0.15) is 0 Å². The number of aliphatic hydroxyl groups is 1. The van der Waals surface area contributed by atoms with Crippen LogP contribution in [0.25, 0.3) is 11.1 Å². The number of hydrogen-bond acceptors (Lipinski definition) is 8. The van der Waals surface area contributed by atoms with Crippen LogP contribution in [0.4, 0.5) is 5.69 Å². The summed E-state index contributed by atoms with van der Waals surface area (Å²) in [6.07, 6.45) is 5.90. The number of ether oxygens (including phenoxy) is 2. The number of esters is 2. The third-order valence-electron chi connectivity index (χ3n) is 6.95. The lowest BCUT2D eigenvalue weighted by molar-refractivity contribution is -0.138. The zero-order chi connectivity index (χ0) is 28.4. The molecule has 0 atom stereocenters. The topological polar surface area (TPSA) is 90.1 Å². The molecule has 40 heavy (non-hydrogen) atoms. The summed E-state index contributed by atoms with van der Waals surface area (Å²) in [5.41, 5.74) is 5.28. The summed E-state index contributed by atoms with van der Waals surface area (Å²) >= 11 is 2.90. The molecule has 1 aliphatic carbocycles. The molecule has 0 unspecified atom stereocenters. The van der Waals surface area contributed by atoms with Gasteiger partial charge in [-0.25, -0.2) is 14.6 Å². The Labute approximate surface area is 242 Å². The number of aliphatic imine (C=N–C) groups is 1. The Morgan fingerprint density at radius 3 is 2.48 bits per heavy atom. The molecule has 208 valence electrons. The first kappa shape index (κ1) is 28.0. The van der Waals surface area contributed by atoms with Crippen molar-refractivity contribution < 1.29 is 24.2 Å². The van der Waals surface area contributed by atoms with Gasteiger partial charge in [0.1, 0.15) is 21.4 Å². The van der Waals surface area contributed by atoms with E-state index in [1.807, 2.05) is 63.2 Å². The molecule has 3 aromatic rings. The number of fused-ring (bicyclic) bond motifs is 1. The molecule has 0 amide bonds. The second-order valence-corrected chi connectivity index (χ2v) is 11.7. The predicted octanol–water partition coefficient (Wildman–Crippen LogP) is 7.40. The van der Waals surface area contributed by atoms with Crippen LogP contribution in [0.1, 0.15) is 64.4 Å². The highest BCUT2D eigenvalue weighted by atomic mass is 32.2. The minimum Gasteiger partial charge on any atom is -0.506 e. The van der Waals surface area contributed by atoms with Crippen molar-refractivity contribution in [2.75, 3.05) is 13.2 Å². The third-order valence-corrected chi connectivity index (χ3v) is 9.25. The van der Waals surface area contributed by atoms with Crippen molar-refractivity contribution in [1.82, 2.24) is 4.57 Å². The average Bonchev–Trinajstić information content (AvgIpc) is 3.55. The number of aliphatic hydroxyl groups excluding tert-OH is 1. The molecule has 0 bridgehead atoms. The molecule has 2 aliphatic rings. The molecule has 0 fully saturated rings. The monoisotopic (exact) mass is 576 g/mol. The van der Waals surface area contributed by atoms with Crippen LogP contribution in [0.5, 0.6) is 0 Å². The van der Waals surface area contributed by atoms with Crippen LogP contribution in [-0.4, -0.2) is 39.9 Å². The Morgan fingerprint density at radius 2 is 1.75 bits per heavy atom. The highest BCUT2D eigenvalue weighted by Gasteiger charge is 2.34. The molecule has 9 heteroatoms. The van der Waals surface area contributed by atoms with Crippen LogP contribution in [0, 0.1) is 13.8 Å². The SMILES string of the molecule is CCOC(=O)C1=C(O)/C(=C/c2cc(C)n(-c3sc4c(c3C(=O)OCC)CCCC4)c2C)SC1=Nc1ccccc1. The first-order valence-electron chi connectivity index (χ1n) is 13.5. The lowest BCUT2D eigenvalue weighted by atomic mass is 9.95. The molecule has 1 aliphatic heterocycles. The Balaban J connectivity index is 1.59. The first-order valence-corrected chi connectivity index (χ1v) is 15.1. The van der Waals surface area contributed by atoms with Crippen LogP contribution in [0.15, 0.2) is 57.6 Å². The molecule has 3 heterocycles. The summed E-state index contributed by atoms with van der Waals surface area (Å²) < 4.78 is 12.8. The molecule has 5 rings (SSSR count). The zero-order valence-electron chi connectivity index (χ0n) is 23.1. The van der Waals surface area contributed by atoms with Crippen LogP contribution in [0.2, 0.25) is 0 Å². The molecule has 2 aromatic heterocycles. The lowest BCUT2D eigenvalue weighted by Crippen LogP contribution is -2.12. The zero-order valence-corrected chi connectivity index (χ0v) is 24.7. The van der Waals surface area contributed by atoms with Gasteiger partial charge >= 0.3 is 11.9 Å². The van der Waals surface area contributed by atoms with Crippen LogP contribution < -0.4 is 0 Å². The van der Waals surface area contributed by atoms with Gasteiger partial charge in [0, 0.05) is 16.3 Å². The normalized spacial score (nSPS) is 17.0. The minimum absolute atomic E-state index is 0.0614. The van der Waals surface area contributed by atoms with Crippen molar-refractivity contribution >= 4 is 51.8 Å². The molecular formula is C31H32N2O5S2. The van der Waals surface area contributed by atoms with Gasteiger partial charge in [0.15, 0.2) is 0 Å². The number of thiophene rings is 1. The Hall–Kier alpha value is -3.56. The van der Waals surface area contributed by atoms with Gasteiger partial charge in [0.25, 0.3) is 0 Å². The molecule has 1 aromatic carbocycles. The van der Waals surface area contributed by atoms with Crippen LogP contribution in [0.3, 0.4) is 0 Å². The summed E-state index contributed by atoms with van der Waals surface area (Å²) in [5.74, 6) is -1.04. The van der Waals surface area contributed by atoms with Gasteiger partial charge in [-0.15, -0.1) is 11.3 Å². The van der Waals surface area contributed by atoms with Gasteiger partial charge in [0.05, 0.1) is 29.4 Å². The van der Waals surface area contributed by atoms with Crippen LogP contribution in [-0.2, 0) is 27.1 Å². The van der Waals surface area contributed by atoms with E-state index < -0.39 is 5.97 Å². The van der Waals surface area contributed by atoms with Crippen molar-refractivity contribution in [3.05, 3.63) is 85.6 Å². The van der Waals surface area contributed by atoms with Crippen molar-refractivity contribution in [2.45, 2.75) is 53.4 Å². The highest BCUT2D eigenvalue weighted by Crippen LogP contribution is 2.42. The van der Waals surface area contributed by atoms with Crippen molar-refractivity contribution in [2.24, 2.45) is 4.99 Å². The van der Waals surface area contributed by atoms with Crippen molar-refractivity contribution in [3.8, 4) is 5.00 Å². The average molecular weight is 577 g/mol. The summed E-state index contributed by atoms with van der Waals surface area (Å²) in [6, 6.07) is 11.3. The highest BCUT2D eigenvalue weighted by molar-refractivity contribution is 8.18. The van der Waals surface area contributed by atoms with E-state index in [1.54, 1.807) is 18.3 Å². The van der Waals surface area contributed by atoms with Gasteiger partial charge in [-0.3, -0.25) is 0 Å². The van der Waals surface area contributed by atoms with Crippen molar-refractivity contribution in [3.63, 3.8) is 0 Å². The number of aromatic nitrogens is 1. The fraction of sp³-hybridized carbons (Fsp3) is 0.323. The summed E-state index contributed by atoms with van der Waals surface area (Å²) in [5, 5.41) is 12.4. The molecule has 0 radical (unpaired) electrons. The smallest absolute Gasteiger partial charge is 0.344 e. The summed E-state index contributed by atoms with van der Waals surface area (Å²) in [4.78, 5) is 32.3. The molecule has 0 saturated heterocycles. The van der Waals surface area contributed by atoms with E-state index in [-0.39, 0.29) is 23.9 Å². The molecule has 0 saturated carbocycles. The lowest BCUT2D eigenvalue weighted by Gasteiger charge is -2.13. The maximum Gasteiger partial charge on any atom is 0.344 e. The van der Waals surface area contributed by atoms with Crippen molar-refractivity contribution in [1.29, 1.82) is 0 Å². The van der Waals surface area contributed by atoms with Gasteiger partial charge < -0.3 is 19.1 Å². The number of rotatable bonds is 7. The Bertz CT molecular complexity index is 1560. The third kappa shape index (κ3) is 5.28. The van der Waals surface area contributed by atoms with E-state index in [1.165, 1.54) is 16.6 Å². The van der Waals surface area contributed by atoms with Crippen LogP contribution >= 0.6 is 23.1 Å². The summed E-state index contributed by atoms with van der Waals surface area (Å²) in [6.45, 7) is 8.07. The van der Waals surface area contributed by atoms with Gasteiger partial charge in [0.2, 0.25) is 0 Å². The Morgan fingerprint density at radius 1 is 1.05 bits per heavy atom. The second kappa shape index (κ2) is 11.9. The predicted molar refractivity (Wildman–Crippen MR) is 161 cm³/mol. The van der Waals surface area contributed by atoms with E-state index >= 15 is 0 Å². The number of nitrogens with zero attached hydrogens (tertiary/aromatic N) is 2. The van der Waals surface area contributed by atoms with E-state index in [0.29, 0.717) is 27.8 Å². The minimum atomic E-state index is -0.612. The molecule has 1 N–H and O–H groups in total. The van der Waals surface area contributed by atoms with Gasteiger partial charge in [-0.1, -0.05) is 30.0 Å². The second-order valence-electron chi connectivity index (χ2n) is 9.58. The fourth-order valence-corrected chi connectivity index (χ4v) is 7.64. The number of carbonyl (C=O) groups excluding carboxylic acids is 2. The number of hydrogen-bond donors (Lipinski definition) is 1. The number of aryl methyl sites for hydroxylation is 2. The molecule has 0 spiro atoms. The first-order chi connectivity index (χ1) is 19.3. The van der Waals surface area contributed by atoms with E-state index in [2.05, 4.69) is 9.56 Å². The van der Waals surface area contributed by atoms with E-state index in [4.69, 9.17) is 9.47 Å².